The van der Waals surface area contributed by atoms with Gasteiger partial charge in [-0.1, -0.05) is 25.4 Å². The van der Waals surface area contributed by atoms with Crippen LogP contribution in [0.25, 0.3) is 11.3 Å². The number of ether oxygens (including phenoxy) is 2. The van der Waals surface area contributed by atoms with Crippen molar-refractivity contribution >= 4 is 23.5 Å². The Labute approximate surface area is 196 Å². The minimum atomic E-state index is -0.669. The zero-order valence-corrected chi connectivity index (χ0v) is 19.6. The molecule has 1 aromatic carbocycles. The average molecular weight is 477 g/mol. The van der Waals surface area contributed by atoms with Gasteiger partial charge >= 0.3 is 0 Å². The second-order valence-corrected chi connectivity index (χ2v) is 8.48. The van der Waals surface area contributed by atoms with Gasteiger partial charge in [0.25, 0.3) is 5.91 Å². The fourth-order valence-electron chi connectivity index (χ4n) is 3.87. The second kappa shape index (κ2) is 10.7. The Kier molecular flexibility index (Phi) is 7.96. The Balaban J connectivity index is 2.02. The third-order valence-corrected chi connectivity index (χ3v) is 5.79. The summed E-state index contributed by atoms with van der Waals surface area (Å²) in [5.74, 6) is 4.97. The van der Waals surface area contributed by atoms with E-state index in [1.54, 1.807) is 13.3 Å². The number of hydrogen-bond donors (Lipinski definition) is 4. The third kappa shape index (κ3) is 5.47. The third-order valence-electron chi connectivity index (χ3n) is 5.49. The van der Waals surface area contributed by atoms with Gasteiger partial charge in [0.05, 0.1) is 17.3 Å². The number of nitrogens with one attached hydrogen (secondary N) is 2. The standard InChI is InChI=1S/C22H29ClN6O4/c1-12(2)17-7-13-8-20(33-6-4-5-32-3)16(23)9-14(13)18-10-19(30)15(11-29(17)18)21(31)26-22(24)27-28-25/h8-12,17,28H,4-7,25H2,1-3H3,(H3,24,26,27,31). The maximum atomic E-state index is 12.8. The van der Waals surface area contributed by atoms with Crippen LogP contribution in [0.5, 0.6) is 5.75 Å². The largest absolute Gasteiger partial charge is 0.492 e. The quantitative estimate of drug-likeness (QED) is 0.149. The summed E-state index contributed by atoms with van der Waals surface area (Å²) in [6, 6.07) is 5.21. The molecule has 10 nitrogen and oxygen atoms in total. The van der Waals surface area contributed by atoms with Gasteiger partial charge in [-0.15, -0.1) is 5.10 Å². The second-order valence-electron chi connectivity index (χ2n) is 8.07. The summed E-state index contributed by atoms with van der Waals surface area (Å²) in [6.45, 7) is 5.27. The summed E-state index contributed by atoms with van der Waals surface area (Å²) in [4.78, 5) is 25.5. The molecule has 2 heterocycles. The number of fused-ring (bicyclic) bond motifs is 3. The number of nitrogens with zero attached hydrogens (tertiary/aromatic N) is 2. The number of hydrogen-bond acceptors (Lipinski definition) is 7. The van der Waals surface area contributed by atoms with Gasteiger partial charge < -0.3 is 19.8 Å². The Morgan fingerprint density at radius 3 is 2.76 bits per heavy atom. The highest BCUT2D eigenvalue weighted by atomic mass is 35.5. The minimum Gasteiger partial charge on any atom is -0.492 e. The van der Waals surface area contributed by atoms with Gasteiger partial charge in [-0.05, 0) is 30.0 Å². The zero-order valence-electron chi connectivity index (χ0n) is 18.9. The van der Waals surface area contributed by atoms with E-state index >= 15 is 0 Å². The molecule has 6 N–H and O–H groups in total. The van der Waals surface area contributed by atoms with E-state index in [0.717, 1.165) is 17.5 Å². The maximum Gasteiger partial charge on any atom is 0.263 e. The molecule has 0 saturated carbocycles. The molecule has 1 aliphatic heterocycles. The Hall–Kier alpha value is -3.08. The first-order chi connectivity index (χ1) is 15.8. The number of carbonyl (C=O) groups excluding carboxylic acids is 1. The van der Waals surface area contributed by atoms with Crippen LogP contribution in [-0.2, 0) is 11.2 Å². The van der Waals surface area contributed by atoms with Crippen LogP contribution >= 0.6 is 11.6 Å². The fraction of sp³-hybridized carbons (Fsp3) is 0.409. The SMILES string of the molecule is COCCCOc1cc2c(cc1Cl)-c1cc(=O)c(C(=O)N/C(N)=N/NN)cn1C(C(C)C)C2. The predicted octanol–water partition coefficient (Wildman–Crippen LogP) is 1.76. The van der Waals surface area contributed by atoms with Crippen LogP contribution in [0.4, 0.5) is 0 Å². The zero-order chi connectivity index (χ0) is 24.1. The Morgan fingerprint density at radius 1 is 1.33 bits per heavy atom. The van der Waals surface area contributed by atoms with E-state index in [1.165, 1.54) is 6.07 Å². The van der Waals surface area contributed by atoms with Crippen molar-refractivity contribution in [2.45, 2.75) is 32.7 Å². The number of guanidine groups is 1. The Bertz CT molecular complexity index is 1110. The monoisotopic (exact) mass is 476 g/mol. The van der Waals surface area contributed by atoms with Gasteiger partial charge in [0.2, 0.25) is 5.96 Å². The molecule has 0 radical (unpaired) electrons. The number of aromatic nitrogens is 1. The van der Waals surface area contributed by atoms with Gasteiger partial charge in [-0.3, -0.25) is 14.9 Å². The van der Waals surface area contributed by atoms with Crippen molar-refractivity contribution in [3.63, 3.8) is 0 Å². The smallest absolute Gasteiger partial charge is 0.263 e. The lowest BCUT2D eigenvalue weighted by molar-refractivity contribution is 0.0974. The summed E-state index contributed by atoms with van der Waals surface area (Å²) < 4.78 is 12.9. The lowest BCUT2D eigenvalue weighted by Crippen LogP contribution is -2.41. The van der Waals surface area contributed by atoms with Gasteiger partial charge in [-0.25, -0.2) is 11.4 Å². The number of hydrazine groups is 1. The van der Waals surface area contributed by atoms with Crippen LogP contribution < -0.4 is 32.6 Å². The topological polar surface area (TPSA) is 146 Å². The number of rotatable bonds is 8. The van der Waals surface area contributed by atoms with Crippen molar-refractivity contribution in [1.82, 2.24) is 15.4 Å². The average Bonchev–Trinajstić information content (AvgIpc) is 2.76. The van der Waals surface area contributed by atoms with E-state index in [1.807, 2.05) is 22.2 Å². The molecule has 1 aliphatic rings. The number of methoxy groups -OCH3 is 1. The summed E-state index contributed by atoms with van der Waals surface area (Å²) >= 11 is 6.50. The van der Waals surface area contributed by atoms with Crippen molar-refractivity contribution in [2.24, 2.45) is 22.6 Å². The molecule has 0 bridgehead atoms. The van der Waals surface area contributed by atoms with Gasteiger partial charge in [0.15, 0.2) is 5.43 Å². The first-order valence-electron chi connectivity index (χ1n) is 10.6. The van der Waals surface area contributed by atoms with Crippen molar-refractivity contribution < 1.29 is 14.3 Å². The molecular weight excluding hydrogens is 448 g/mol. The molecule has 33 heavy (non-hydrogen) atoms. The van der Waals surface area contributed by atoms with E-state index in [2.05, 4.69) is 24.3 Å². The van der Waals surface area contributed by atoms with Gasteiger partial charge in [0.1, 0.15) is 11.3 Å². The van der Waals surface area contributed by atoms with Crippen LogP contribution in [0, 0.1) is 5.92 Å². The number of halogens is 1. The van der Waals surface area contributed by atoms with Crippen molar-refractivity contribution in [3.05, 3.63) is 50.8 Å². The summed E-state index contributed by atoms with van der Waals surface area (Å²) in [5, 5.41) is 6.27. The number of pyridine rings is 1. The maximum absolute atomic E-state index is 12.8. The lowest BCUT2D eigenvalue weighted by atomic mass is 9.87. The molecule has 11 heteroatoms. The number of hydrazone groups is 1. The van der Waals surface area contributed by atoms with E-state index in [9.17, 15) is 9.59 Å². The fourth-order valence-corrected chi connectivity index (χ4v) is 4.09. The first kappa shape index (κ1) is 24.6. The van der Waals surface area contributed by atoms with Crippen molar-refractivity contribution in [3.8, 4) is 17.0 Å². The molecule has 3 rings (SSSR count). The van der Waals surface area contributed by atoms with E-state index < -0.39 is 11.3 Å². The molecular formula is C22H29ClN6O4. The molecule has 0 fully saturated rings. The first-order valence-corrected chi connectivity index (χ1v) is 11.0. The highest BCUT2D eigenvalue weighted by Crippen LogP contribution is 2.41. The minimum absolute atomic E-state index is 0.0129. The number of nitrogens with two attached hydrogens (primary N) is 2. The van der Waals surface area contributed by atoms with Crippen LogP contribution in [0.1, 0.15) is 42.2 Å². The summed E-state index contributed by atoms with van der Waals surface area (Å²) in [7, 11) is 1.65. The van der Waals surface area contributed by atoms with E-state index in [4.69, 9.17) is 32.7 Å². The van der Waals surface area contributed by atoms with Gasteiger partial charge in [-0.2, -0.15) is 0 Å². The van der Waals surface area contributed by atoms with E-state index in [-0.39, 0.29) is 23.5 Å². The molecule has 1 unspecified atom stereocenters. The molecule has 1 atom stereocenters. The van der Waals surface area contributed by atoms with Crippen LogP contribution in [-0.4, -0.2) is 36.8 Å². The van der Waals surface area contributed by atoms with Gasteiger partial charge in [0, 0.05) is 44.0 Å². The highest BCUT2D eigenvalue weighted by molar-refractivity contribution is 6.32. The number of carbonyl (C=O) groups is 1. The van der Waals surface area contributed by atoms with E-state index in [0.29, 0.717) is 36.1 Å². The summed E-state index contributed by atoms with van der Waals surface area (Å²) in [6.07, 6.45) is 3.00. The normalized spacial score (nSPS) is 15.1. The highest BCUT2D eigenvalue weighted by Gasteiger charge is 2.29. The number of benzene rings is 1. The van der Waals surface area contributed by atoms with Crippen LogP contribution in [0.15, 0.2) is 34.3 Å². The van der Waals surface area contributed by atoms with Crippen LogP contribution in [0.3, 0.4) is 0 Å². The van der Waals surface area contributed by atoms with Crippen LogP contribution in [0.2, 0.25) is 5.02 Å². The molecule has 178 valence electrons. The summed E-state index contributed by atoms with van der Waals surface area (Å²) in [5.41, 5.74) is 9.61. The molecule has 0 spiro atoms. The van der Waals surface area contributed by atoms with Crippen molar-refractivity contribution in [2.75, 3.05) is 20.3 Å². The molecule has 1 amide bonds. The molecule has 0 aliphatic carbocycles. The Morgan fingerprint density at radius 2 is 2.09 bits per heavy atom. The van der Waals surface area contributed by atoms with Crippen molar-refractivity contribution in [1.29, 1.82) is 0 Å². The molecule has 2 aromatic rings. The number of amides is 1. The molecule has 0 saturated heterocycles. The predicted molar refractivity (Wildman–Crippen MR) is 127 cm³/mol. The molecule has 1 aromatic heterocycles. The lowest BCUT2D eigenvalue weighted by Gasteiger charge is -2.33.